The van der Waals surface area contributed by atoms with Gasteiger partial charge in [-0.15, -0.1) is 10.2 Å². The summed E-state index contributed by atoms with van der Waals surface area (Å²) in [6.45, 7) is 0. The van der Waals surface area contributed by atoms with Crippen LogP contribution in [0.1, 0.15) is 16.1 Å². The smallest absolute Gasteiger partial charge is 0.418 e. The normalized spacial score (nSPS) is 11.4. The van der Waals surface area contributed by atoms with Gasteiger partial charge in [0.15, 0.2) is 10.8 Å². The van der Waals surface area contributed by atoms with E-state index in [4.69, 9.17) is 16.7 Å². The molecule has 8 heteroatoms. The molecule has 1 rings (SSSR count). The van der Waals surface area contributed by atoms with E-state index < -0.39 is 28.6 Å². The lowest BCUT2D eigenvalue weighted by Crippen LogP contribution is -2.15. The Morgan fingerprint density at radius 1 is 1.43 bits per heavy atom. The number of aromatic nitrogens is 2. The molecular weight excluding hydrogens is 225 g/mol. The molecule has 0 fully saturated rings. The van der Waals surface area contributed by atoms with Crippen LogP contribution in [0.3, 0.4) is 0 Å². The number of hydrogen-bond donors (Lipinski definition) is 1. The van der Waals surface area contributed by atoms with Crippen LogP contribution in [0.15, 0.2) is 6.07 Å². The van der Waals surface area contributed by atoms with Crippen molar-refractivity contribution in [2.45, 2.75) is 6.18 Å². The molecule has 1 heterocycles. The van der Waals surface area contributed by atoms with Crippen molar-refractivity contribution in [2.75, 3.05) is 0 Å². The van der Waals surface area contributed by atoms with Crippen molar-refractivity contribution in [1.82, 2.24) is 10.2 Å². The fourth-order valence-electron chi connectivity index (χ4n) is 0.742. The highest BCUT2D eigenvalue weighted by Crippen LogP contribution is 2.31. The SMILES string of the molecule is O=C(O)c1nnc(Cl)cc1C(F)(F)F. The zero-order valence-electron chi connectivity index (χ0n) is 6.34. The first-order valence-corrected chi connectivity index (χ1v) is 3.54. The van der Waals surface area contributed by atoms with Crippen LogP contribution in [-0.2, 0) is 6.18 Å². The predicted molar refractivity (Wildman–Crippen MR) is 39.0 cm³/mol. The van der Waals surface area contributed by atoms with Crippen LogP contribution in [0.5, 0.6) is 0 Å². The van der Waals surface area contributed by atoms with Gasteiger partial charge in [0.05, 0.1) is 5.56 Å². The Bertz CT molecular complexity index is 380. The fraction of sp³-hybridized carbons (Fsp3) is 0.167. The molecule has 1 aromatic rings. The third-order valence-electron chi connectivity index (χ3n) is 1.27. The maximum Gasteiger partial charge on any atom is 0.418 e. The molecule has 1 aromatic heterocycles. The second-order valence-electron chi connectivity index (χ2n) is 2.23. The molecule has 0 amide bonds. The van der Waals surface area contributed by atoms with Crippen molar-refractivity contribution in [3.63, 3.8) is 0 Å². The quantitative estimate of drug-likeness (QED) is 0.794. The van der Waals surface area contributed by atoms with E-state index in [0.29, 0.717) is 6.07 Å². The lowest BCUT2D eigenvalue weighted by Gasteiger charge is -2.07. The zero-order chi connectivity index (χ0) is 10.9. The number of carboxylic acids is 1. The fourth-order valence-corrected chi connectivity index (χ4v) is 0.889. The first-order chi connectivity index (χ1) is 6.32. The Morgan fingerprint density at radius 3 is 2.43 bits per heavy atom. The maximum absolute atomic E-state index is 12.2. The molecule has 0 aliphatic heterocycles. The van der Waals surface area contributed by atoms with E-state index in [2.05, 4.69) is 10.2 Å². The van der Waals surface area contributed by atoms with Crippen molar-refractivity contribution in [3.8, 4) is 0 Å². The largest absolute Gasteiger partial charge is 0.476 e. The number of aromatic carboxylic acids is 1. The molecule has 0 aliphatic rings. The second-order valence-corrected chi connectivity index (χ2v) is 2.62. The molecule has 0 saturated carbocycles. The average Bonchev–Trinajstić information content (AvgIpc) is 2.01. The lowest BCUT2D eigenvalue weighted by atomic mass is 10.2. The third kappa shape index (κ3) is 2.11. The van der Waals surface area contributed by atoms with Gasteiger partial charge in [-0.25, -0.2) is 4.79 Å². The van der Waals surface area contributed by atoms with Gasteiger partial charge in [-0.3, -0.25) is 0 Å². The summed E-state index contributed by atoms with van der Waals surface area (Å²) in [6, 6.07) is 0.415. The second kappa shape index (κ2) is 3.41. The van der Waals surface area contributed by atoms with Gasteiger partial charge < -0.3 is 5.11 Å². The van der Waals surface area contributed by atoms with Gasteiger partial charge in [-0.05, 0) is 6.07 Å². The maximum atomic E-state index is 12.2. The Kier molecular flexibility index (Phi) is 2.61. The van der Waals surface area contributed by atoms with Gasteiger partial charge >= 0.3 is 12.1 Å². The number of carbonyl (C=O) groups is 1. The van der Waals surface area contributed by atoms with Crippen LogP contribution in [0, 0.1) is 0 Å². The summed E-state index contributed by atoms with van der Waals surface area (Å²) in [5.74, 6) is -1.80. The van der Waals surface area contributed by atoms with E-state index in [1.807, 2.05) is 0 Å². The Balaban J connectivity index is 3.38. The average molecular weight is 227 g/mol. The Hall–Kier alpha value is -1.37. The van der Waals surface area contributed by atoms with Gasteiger partial charge in [0.1, 0.15) is 0 Å². The van der Waals surface area contributed by atoms with E-state index in [-0.39, 0.29) is 0 Å². The van der Waals surface area contributed by atoms with Crippen LogP contribution >= 0.6 is 11.6 Å². The summed E-state index contributed by atoms with van der Waals surface area (Å²) in [5, 5.41) is 13.7. The third-order valence-corrected chi connectivity index (χ3v) is 1.46. The summed E-state index contributed by atoms with van der Waals surface area (Å²) in [6.07, 6.45) is -4.81. The summed E-state index contributed by atoms with van der Waals surface area (Å²) in [4.78, 5) is 10.3. The van der Waals surface area contributed by atoms with Crippen molar-refractivity contribution in [3.05, 3.63) is 22.5 Å². The molecule has 0 bridgehead atoms. The molecular formula is C6H2ClF3N2O2. The highest BCUT2D eigenvalue weighted by Gasteiger charge is 2.37. The van der Waals surface area contributed by atoms with Crippen molar-refractivity contribution in [1.29, 1.82) is 0 Å². The zero-order valence-corrected chi connectivity index (χ0v) is 7.10. The molecule has 0 saturated heterocycles. The van der Waals surface area contributed by atoms with E-state index in [0.717, 1.165) is 0 Å². The van der Waals surface area contributed by atoms with Crippen LogP contribution in [-0.4, -0.2) is 21.3 Å². The topological polar surface area (TPSA) is 63.1 Å². The minimum atomic E-state index is -4.81. The standard InChI is InChI=1S/C6H2ClF3N2O2/c7-3-1-2(6(8,9)10)4(5(13)14)12-11-3/h1H,(H,13,14). The molecule has 0 aliphatic carbocycles. The molecule has 76 valence electrons. The van der Waals surface area contributed by atoms with Crippen LogP contribution in [0.4, 0.5) is 13.2 Å². The number of carboxylic acid groups (broad SMARTS) is 1. The molecule has 0 aromatic carbocycles. The number of nitrogens with zero attached hydrogens (tertiary/aromatic N) is 2. The van der Waals surface area contributed by atoms with Gasteiger partial charge in [0.2, 0.25) is 0 Å². The van der Waals surface area contributed by atoms with E-state index in [1.165, 1.54) is 0 Å². The molecule has 1 N–H and O–H groups in total. The number of rotatable bonds is 1. The van der Waals surface area contributed by atoms with Gasteiger partial charge in [0, 0.05) is 0 Å². The highest BCUT2D eigenvalue weighted by molar-refractivity contribution is 6.29. The van der Waals surface area contributed by atoms with Crippen molar-refractivity contribution < 1.29 is 23.1 Å². The van der Waals surface area contributed by atoms with Crippen LogP contribution < -0.4 is 0 Å². The molecule has 14 heavy (non-hydrogen) atoms. The first kappa shape index (κ1) is 10.7. The number of halogens is 4. The summed E-state index contributed by atoms with van der Waals surface area (Å²) >= 11 is 5.16. The van der Waals surface area contributed by atoms with Gasteiger partial charge in [-0.1, -0.05) is 11.6 Å². The van der Waals surface area contributed by atoms with Gasteiger partial charge in [-0.2, -0.15) is 13.2 Å². The van der Waals surface area contributed by atoms with Crippen molar-refractivity contribution >= 4 is 17.6 Å². The highest BCUT2D eigenvalue weighted by atomic mass is 35.5. The predicted octanol–water partition coefficient (Wildman–Crippen LogP) is 1.85. The molecule has 4 nitrogen and oxygen atoms in total. The Labute approximate surface area is 80.3 Å². The summed E-state index contributed by atoms with van der Waals surface area (Å²) in [5.41, 5.74) is -2.58. The van der Waals surface area contributed by atoms with E-state index >= 15 is 0 Å². The molecule has 0 radical (unpaired) electrons. The van der Waals surface area contributed by atoms with E-state index in [1.54, 1.807) is 0 Å². The van der Waals surface area contributed by atoms with Gasteiger partial charge in [0.25, 0.3) is 0 Å². The lowest BCUT2D eigenvalue weighted by molar-refractivity contribution is -0.138. The molecule has 0 unspecified atom stereocenters. The van der Waals surface area contributed by atoms with Crippen molar-refractivity contribution in [2.24, 2.45) is 0 Å². The number of hydrogen-bond acceptors (Lipinski definition) is 3. The Morgan fingerprint density at radius 2 is 2.00 bits per heavy atom. The minimum Gasteiger partial charge on any atom is -0.476 e. The number of alkyl halides is 3. The van der Waals surface area contributed by atoms with Crippen LogP contribution in [0.2, 0.25) is 5.15 Å². The summed E-state index contributed by atoms with van der Waals surface area (Å²) < 4.78 is 36.6. The minimum absolute atomic E-state index is 0.415. The monoisotopic (exact) mass is 226 g/mol. The first-order valence-electron chi connectivity index (χ1n) is 3.16. The van der Waals surface area contributed by atoms with Crippen LogP contribution in [0.25, 0.3) is 0 Å². The summed E-state index contributed by atoms with van der Waals surface area (Å²) in [7, 11) is 0. The molecule has 0 spiro atoms. The van der Waals surface area contributed by atoms with E-state index in [9.17, 15) is 18.0 Å². The molecule has 0 atom stereocenters.